The van der Waals surface area contributed by atoms with Crippen molar-refractivity contribution < 1.29 is 28.8 Å². The lowest BCUT2D eigenvalue weighted by Gasteiger charge is -2.09. The van der Waals surface area contributed by atoms with Crippen LogP contribution in [-0.4, -0.2) is 74.6 Å². The summed E-state index contributed by atoms with van der Waals surface area (Å²) in [5, 5.41) is 14.2. The highest BCUT2D eigenvalue weighted by Gasteiger charge is 2.10. The summed E-state index contributed by atoms with van der Waals surface area (Å²) in [4.78, 5) is 68.2. The van der Waals surface area contributed by atoms with Crippen LogP contribution in [0.1, 0.15) is 61.8 Å². The predicted molar refractivity (Wildman–Crippen MR) is 137 cm³/mol. The molecular formula is C23H46N6O6. The molecule has 12 heteroatoms. The minimum absolute atomic E-state index is 0.0116. The van der Waals surface area contributed by atoms with Gasteiger partial charge < -0.3 is 31.9 Å². The first-order valence-electron chi connectivity index (χ1n) is 11.9. The lowest BCUT2D eigenvalue weighted by Crippen LogP contribution is -2.46. The van der Waals surface area contributed by atoms with Crippen LogP contribution in [0, 0.1) is 0 Å². The molecule has 0 aromatic carbocycles. The number of Topliss-reactive ketones (excluding diaryl/α,β-unsaturated/α-hetero) is 1. The van der Waals surface area contributed by atoms with Crippen LogP contribution in [0.4, 0.5) is 0 Å². The minimum Gasteiger partial charge on any atom is -0.380 e. The van der Waals surface area contributed by atoms with Crippen molar-refractivity contribution in [2.24, 2.45) is 0 Å². The molecule has 0 atom stereocenters. The Morgan fingerprint density at radius 2 is 0.714 bits per heavy atom. The van der Waals surface area contributed by atoms with Crippen molar-refractivity contribution in [3.63, 3.8) is 0 Å². The summed E-state index contributed by atoms with van der Waals surface area (Å²) in [6, 6.07) is 0. The van der Waals surface area contributed by atoms with Gasteiger partial charge in [-0.1, -0.05) is 55.0 Å². The number of hydrogen-bond acceptors (Lipinski definition) is 7. The monoisotopic (exact) mass is 502 g/mol. The molecule has 0 spiro atoms. The van der Waals surface area contributed by atoms with Crippen LogP contribution in [0.5, 0.6) is 0 Å². The molecule has 35 heavy (non-hydrogen) atoms. The topological polar surface area (TPSA) is 175 Å². The Kier molecular flexibility index (Phi) is 31.7. The Labute approximate surface area is 209 Å². The number of rotatable bonds is 14. The van der Waals surface area contributed by atoms with Gasteiger partial charge in [-0.05, 0) is 13.3 Å². The van der Waals surface area contributed by atoms with Gasteiger partial charge in [0, 0.05) is 5.70 Å². The van der Waals surface area contributed by atoms with Gasteiger partial charge in [0.05, 0.1) is 39.3 Å². The summed E-state index contributed by atoms with van der Waals surface area (Å²) in [6.07, 6.45) is 0.675. The van der Waals surface area contributed by atoms with Crippen molar-refractivity contribution in [2.45, 2.75) is 61.8 Å². The maximum atomic E-state index is 11.6. The van der Waals surface area contributed by atoms with Gasteiger partial charge in [-0.2, -0.15) is 0 Å². The molecule has 0 unspecified atom stereocenters. The third-order valence-electron chi connectivity index (χ3n) is 3.24. The molecule has 6 N–H and O–H groups in total. The standard InChI is InChI=1S/C17H28N6O6.3C2H6/c1-4-11(2)18-6-13(25)20-8-15(27)22-10-17(29)23-9-16(28)21-7-14(26)19-5-12(3)24;3*1-2/h18H,2,4-10H2,1,3H3,(H,19,26)(H,20,25)(H,21,28)(H,22,27)(H,23,29);3*1-2H3. The fourth-order valence-electron chi connectivity index (χ4n) is 1.58. The van der Waals surface area contributed by atoms with Gasteiger partial charge in [0.1, 0.15) is 5.78 Å². The van der Waals surface area contributed by atoms with E-state index in [1.54, 1.807) is 0 Å². The zero-order chi connectivity index (χ0) is 28.2. The molecule has 5 amide bonds. The largest absolute Gasteiger partial charge is 0.380 e. The van der Waals surface area contributed by atoms with Crippen LogP contribution >= 0.6 is 0 Å². The molecule has 0 saturated carbocycles. The summed E-state index contributed by atoms with van der Waals surface area (Å²) >= 11 is 0. The molecule has 12 nitrogen and oxygen atoms in total. The van der Waals surface area contributed by atoms with Crippen molar-refractivity contribution >= 4 is 35.3 Å². The molecule has 0 rings (SSSR count). The average Bonchev–Trinajstić information content (AvgIpc) is 2.88. The summed E-state index contributed by atoms with van der Waals surface area (Å²) in [7, 11) is 0. The van der Waals surface area contributed by atoms with Crippen LogP contribution in [0.3, 0.4) is 0 Å². The molecule has 0 heterocycles. The Morgan fingerprint density at radius 1 is 0.486 bits per heavy atom. The van der Waals surface area contributed by atoms with Gasteiger partial charge in [0.15, 0.2) is 0 Å². The molecule has 0 aromatic rings. The molecule has 0 aromatic heterocycles. The van der Waals surface area contributed by atoms with Gasteiger partial charge in [-0.25, -0.2) is 0 Å². The highest BCUT2D eigenvalue weighted by molar-refractivity contribution is 5.91. The van der Waals surface area contributed by atoms with Gasteiger partial charge in [0.2, 0.25) is 29.5 Å². The fraction of sp³-hybridized carbons (Fsp3) is 0.652. The Morgan fingerprint density at radius 3 is 0.943 bits per heavy atom. The van der Waals surface area contributed by atoms with E-state index < -0.39 is 36.1 Å². The Balaban J connectivity index is -0.000000737. The lowest BCUT2D eigenvalue weighted by molar-refractivity contribution is -0.129. The molecule has 0 saturated heterocycles. The van der Waals surface area contributed by atoms with E-state index in [9.17, 15) is 28.8 Å². The average molecular weight is 503 g/mol. The SMILES string of the molecule is C=C(CC)NCC(=O)NCC(=O)NCC(=O)NCC(=O)NCC(=O)NCC(C)=O.CC.CC.CC. The predicted octanol–water partition coefficient (Wildman–Crippen LogP) is -0.252. The van der Waals surface area contributed by atoms with E-state index in [2.05, 4.69) is 38.5 Å². The third kappa shape index (κ3) is 30.6. The molecular weight excluding hydrogens is 456 g/mol. The fourth-order valence-corrected chi connectivity index (χ4v) is 1.58. The first kappa shape index (κ1) is 38.8. The molecule has 0 aliphatic rings. The lowest BCUT2D eigenvalue weighted by atomic mass is 10.4. The van der Waals surface area contributed by atoms with Crippen molar-refractivity contribution in [3.8, 4) is 0 Å². The van der Waals surface area contributed by atoms with Gasteiger partial charge in [0.25, 0.3) is 0 Å². The number of allylic oxidation sites excluding steroid dienone is 1. The van der Waals surface area contributed by atoms with Crippen molar-refractivity contribution in [3.05, 3.63) is 12.3 Å². The Bertz CT molecular complexity index is 652. The highest BCUT2D eigenvalue weighted by atomic mass is 16.2. The van der Waals surface area contributed by atoms with E-state index in [1.165, 1.54) is 6.92 Å². The number of hydrogen-bond donors (Lipinski definition) is 6. The smallest absolute Gasteiger partial charge is 0.239 e. The summed E-state index contributed by atoms with van der Waals surface area (Å²) in [5.74, 6) is -2.98. The molecule has 0 radical (unpaired) electrons. The second-order valence-electron chi connectivity index (χ2n) is 5.90. The molecule has 204 valence electrons. The number of carbonyl (C=O) groups is 6. The third-order valence-corrected chi connectivity index (χ3v) is 3.24. The summed E-state index contributed by atoms with van der Waals surface area (Å²) in [6.45, 7) is 17.3. The van der Waals surface area contributed by atoms with Crippen molar-refractivity contribution in [1.29, 1.82) is 0 Å². The maximum absolute atomic E-state index is 11.6. The number of nitrogens with one attached hydrogen (secondary N) is 6. The van der Waals surface area contributed by atoms with Gasteiger partial charge in [-0.3, -0.25) is 28.8 Å². The van der Waals surface area contributed by atoms with E-state index in [-0.39, 0.29) is 38.5 Å². The second kappa shape index (κ2) is 28.6. The number of carbonyl (C=O) groups excluding carboxylic acids is 6. The van der Waals surface area contributed by atoms with Crippen LogP contribution in [0.25, 0.3) is 0 Å². The zero-order valence-corrected chi connectivity index (χ0v) is 22.6. The minimum atomic E-state index is -0.623. The number of ketones is 1. The molecule has 0 fully saturated rings. The summed E-state index contributed by atoms with van der Waals surface area (Å²) in [5.41, 5.74) is 0.696. The molecule has 0 aliphatic carbocycles. The highest BCUT2D eigenvalue weighted by Crippen LogP contribution is 1.87. The Hall–Kier alpha value is -3.44. The van der Waals surface area contributed by atoms with E-state index in [1.807, 2.05) is 48.5 Å². The zero-order valence-electron chi connectivity index (χ0n) is 22.6. The van der Waals surface area contributed by atoms with Crippen LogP contribution in [0.15, 0.2) is 12.3 Å². The number of amides is 5. The van der Waals surface area contributed by atoms with Gasteiger partial charge >= 0.3 is 0 Å². The van der Waals surface area contributed by atoms with Crippen molar-refractivity contribution in [2.75, 3.05) is 39.3 Å². The van der Waals surface area contributed by atoms with E-state index in [4.69, 9.17) is 0 Å². The van der Waals surface area contributed by atoms with E-state index in [0.29, 0.717) is 12.1 Å². The van der Waals surface area contributed by atoms with Crippen molar-refractivity contribution in [1.82, 2.24) is 31.9 Å². The van der Waals surface area contributed by atoms with Crippen LogP contribution in [-0.2, 0) is 28.8 Å². The maximum Gasteiger partial charge on any atom is 0.239 e. The normalized spacial score (nSPS) is 8.46. The van der Waals surface area contributed by atoms with Gasteiger partial charge in [-0.15, -0.1) is 0 Å². The molecule has 0 aliphatic heterocycles. The van der Waals surface area contributed by atoms with E-state index >= 15 is 0 Å². The van der Waals surface area contributed by atoms with E-state index in [0.717, 1.165) is 0 Å². The first-order valence-corrected chi connectivity index (χ1v) is 11.9. The van der Waals surface area contributed by atoms with Crippen LogP contribution in [0.2, 0.25) is 0 Å². The quantitative estimate of drug-likeness (QED) is 0.190. The first-order chi connectivity index (χ1) is 16.6. The second-order valence-corrected chi connectivity index (χ2v) is 5.90. The van der Waals surface area contributed by atoms with Crippen LogP contribution < -0.4 is 31.9 Å². The summed E-state index contributed by atoms with van der Waals surface area (Å²) < 4.78 is 0. The molecule has 0 bridgehead atoms.